The number of piperidine rings is 1. The number of aliphatic hydroxyl groups is 1. The molecule has 0 spiro atoms. The Bertz CT molecular complexity index is 242. The summed E-state index contributed by atoms with van der Waals surface area (Å²) in [5, 5.41) is 12.4. The fourth-order valence-corrected chi connectivity index (χ4v) is 2.80. The van der Waals surface area contributed by atoms with Crippen LogP contribution < -0.4 is 5.32 Å². The van der Waals surface area contributed by atoms with Crippen molar-refractivity contribution in [3.05, 3.63) is 0 Å². The van der Waals surface area contributed by atoms with E-state index in [1.807, 2.05) is 4.90 Å². The second kappa shape index (κ2) is 6.36. The van der Waals surface area contributed by atoms with Gasteiger partial charge in [-0.25, -0.2) is 0 Å². The van der Waals surface area contributed by atoms with Crippen molar-refractivity contribution in [1.29, 1.82) is 0 Å². The highest BCUT2D eigenvalue weighted by Gasteiger charge is 2.28. The molecule has 1 atom stereocenters. The van der Waals surface area contributed by atoms with Crippen LogP contribution in [0.2, 0.25) is 0 Å². The molecular weight excluding hydrogens is 216 g/mol. The van der Waals surface area contributed by atoms with Gasteiger partial charge in [0.25, 0.3) is 0 Å². The number of nitrogens with zero attached hydrogens (tertiary/aromatic N) is 1. The van der Waals surface area contributed by atoms with E-state index in [-0.39, 0.29) is 18.6 Å². The van der Waals surface area contributed by atoms with Gasteiger partial charge in [0.2, 0.25) is 5.91 Å². The third-order valence-electron chi connectivity index (χ3n) is 4.04. The van der Waals surface area contributed by atoms with Gasteiger partial charge in [0.1, 0.15) is 0 Å². The van der Waals surface area contributed by atoms with Crippen molar-refractivity contribution in [2.75, 3.05) is 26.2 Å². The van der Waals surface area contributed by atoms with E-state index in [9.17, 15) is 4.79 Å². The highest BCUT2D eigenvalue weighted by atomic mass is 16.3. The Morgan fingerprint density at radius 2 is 1.94 bits per heavy atom. The van der Waals surface area contributed by atoms with E-state index in [1.54, 1.807) is 0 Å². The maximum atomic E-state index is 12.3. The fraction of sp³-hybridized carbons (Fsp3) is 0.923. The highest BCUT2D eigenvalue weighted by molar-refractivity contribution is 5.82. The largest absolute Gasteiger partial charge is 0.396 e. The molecule has 1 amide bonds. The monoisotopic (exact) mass is 240 g/mol. The minimum atomic E-state index is 0.0446. The summed E-state index contributed by atoms with van der Waals surface area (Å²) < 4.78 is 0. The molecular formula is C13H24N2O2. The molecule has 2 aliphatic heterocycles. The zero-order valence-electron chi connectivity index (χ0n) is 10.5. The number of nitrogens with one attached hydrogen (secondary N) is 1. The van der Waals surface area contributed by atoms with Crippen molar-refractivity contribution in [3.63, 3.8) is 0 Å². The summed E-state index contributed by atoms with van der Waals surface area (Å²) in [5.74, 6) is 0.685. The summed E-state index contributed by atoms with van der Waals surface area (Å²) in [5.41, 5.74) is 0. The van der Waals surface area contributed by atoms with E-state index in [2.05, 4.69) is 5.32 Å². The first-order valence-corrected chi connectivity index (χ1v) is 6.94. The Labute approximate surface area is 103 Å². The fourth-order valence-electron chi connectivity index (χ4n) is 2.80. The van der Waals surface area contributed by atoms with E-state index < -0.39 is 0 Å². The number of carbonyl (C=O) groups is 1. The van der Waals surface area contributed by atoms with Crippen LogP contribution in [0.4, 0.5) is 0 Å². The van der Waals surface area contributed by atoms with Gasteiger partial charge in [0, 0.05) is 19.7 Å². The quantitative estimate of drug-likeness (QED) is 0.749. The Morgan fingerprint density at radius 3 is 2.65 bits per heavy atom. The second-order valence-corrected chi connectivity index (χ2v) is 5.31. The van der Waals surface area contributed by atoms with Crippen LogP contribution in [0.3, 0.4) is 0 Å². The molecule has 0 aliphatic carbocycles. The first-order chi connectivity index (χ1) is 8.31. The van der Waals surface area contributed by atoms with Crippen molar-refractivity contribution in [2.24, 2.45) is 5.92 Å². The zero-order chi connectivity index (χ0) is 12.1. The van der Waals surface area contributed by atoms with Crippen molar-refractivity contribution < 1.29 is 9.90 Å². The number of hydrogen-bond donors (Lipinski definition) is 2. The van der Waals surface area contributed by atoms with Crippen molar-refractivity contribution >= 4 is 5.91 Å². The Hall–Kier alpha value is -0.610. The Kier molecular flexibility index (Phi) is 4.80. The molecule has 2 heterocycles. The van der Waals surface area contributed by atoms with Crippen LogP contribution in [-0.2, 0) is 4.79 Å². The zero-order valence-corrected chi connectivity index (χ0v) is 10.5. The number of aliphatic hydroxyl groups excluding tert-OH is 1. The van der Waals surface area contributed by atoms with Gasteiger partial charge in [-0.15, -0.1) is 0 Å². The van der Waals surface area contributed by atoms with E-state index in [4.69, 9.17) is 5.11 Å². The lowest BCUT2D eigenvalue weighted by molar-refractivity contribution is -0.135. The summed E-state index contributed by atoms with van der Waals surface area (Å²) >= 11 is 0. The molecule has 0 aromatic carbocycles. The average molecular weight is 240 g/mol. The lowest BCUT2D eigenvalue weighted by Gasteiger charge is -2.33. The SMILES string of the molecule is O=C(C1CCCCCN1)N1CCC(CO)CC1. The molecule has 1 unspecified atom stereocenters. The third-order valence-corrected chi connectivity index (χ3v) is 4.04. The summed E-state index contributed by atoms with van der Waals surface area (Å²) in [4.78, 5) is 14.3. The van der Waals surface area contributed by atoms with Gasteiger partial charge in [0.15, 0.2) is 0 Å². The average Bonchev–Trinajstić information content (AvgIpc) is 2.67. The first kappa shape index (κ1) is 12.8. The molecule has 17 heavy (non-hydrogen) atoms. The molecule has 4 nitrogen and oxygen atoms in total. The lowest BCUT2D eigenvalue weighted by atomic mass is 9.97. The molecule has 0 aromatic heterocycles. The van der Waals surface area contributed by atoms with Crippen LogP contribution in [0.1, 0.15) is 38.5 Å². The van der Waals surface area contributed by atoms with Crippen molar-refractivity contribution in [2.45, 2.75) is 44.6 Å². The number of likely N-dealkylation sites (tertiary alicyclic amines) is 1. The molecule has 4 heteroatoms. The summed E-state index contributed by atoms with van der Waals surface area (Å²) in [7, 11) is 0. The minimum Gasteiger partial charge on any atom is -0.396 e. The Morgan fingerprint density at radius 1 is 1.18 bits per heavy atom. The standard InChI is InChI=1S/C13H24N2O2/c16-10-11-5-8-15(9-6-11)13(17)12-4-2-1-3-7-14-12/h11-12,14,16H,1-10H2. The van der Waals surface area contributed by atoms with Gasteiger partial charge in [0.05, 0.1) is 6.04 Å². The van der Waals surface area contributed by atoms with Gasteiger partial charge >= 0.3 is 0 Å². The number of rotatable bonds is 2. The smallest absolute Gasteiger partial charge is 0.239 e. The topological polar surface area (TPSA) is 52.6 Å². The van der Waals surface area contributed by atoms with Crippen LogP contribution in [0.15, 0.2) is 0 Å². The maximum Gasteiger partial charge on any atom is 0.239 e. The molecule has 0 radical (unpaired) electrons. The van der Waals surface area contributed by atoms with Crippen LogP contribution in [0.25, 0.3) is 0 Å². The molecule has 0 bridgehead atoms. The van der Waals surface area contributed by atoms with E-state index in [0.29, 0.717) is 5.92 Å². The number of carbonyl (C=O) groups excluding carboxylic acids is 1. The molecule has 98 valence electrons. The van der Waals surface area contributed by atoms with Crippen LogP contribution in [-0.4, -0.2) is 48.2 Å². The number of amides is 1. The maximum absolute atomic E-state index is 12.3. The van der Waals surface area contributed by atoms with Gasteiger partial charge in [-0.3, -0.25) is 4.79 Å². The lowest BCUT2D eigenvalue weighted by Crippen LogP contribution is -2.49. The highest BCUT2D eigenvalue weighted by Crippen LogP contribution is 2.18. The first-order valence-electron chi connectivity index (χ1n) is 6.94. The van der Waals surface area contributed by atoms with Crippen LogP contribution >= 0.6 is 0 Å². The van der Waals surface area contributed by atoms with Crippen molar-refractivity contribution in [3.8, 4) is 0 Å². The van der Waals surface area contributed by atoms with Gasteiger partial charge in [-0.05, 0) is 38.1 Å². The van der Waals surface area contributed by atoms with Gasteiger partial charge in [-0.1, -0.05) is 12.8 Å². The third kappa shape index (κ3) is 3.42. The summed E-state index contributed by atoms with van der Waals surface area (Å²) in [6.45, 7) is 2.89. The van der Waals surface area contributed by atoms with Gasteiger partial charge < -0.3 is 15.3 Å². The molecule has 2 saturated heterocycles. The molecule has 2 fully saturated rings. The predicted molar refractivity (Wildman–Crippen MR) is 66.6 cm³/mol. The van der Waals surface area contributed by atoms with E-state index in [1.165, 1.54) is 12.8 Å². The number of hydrogen-bond acceptors (Lipinski definition) is 3. The molecule has 2 aliphatic rings. The predicted octanol–water partition coefficient (Wildman–Crippen LogP) is 0.749. The summed E-state index contributed by atoms with van der Waals surface area (Å²) in [6.07, 6.45) is 6.49. The molecule has 2 rings (SSSR count). The van der Waals surface area contributed by atoms with Crippen LogP contribution in [0, 0.1) is 5.92 Å². The van der Waals surface area contributed by atoms with Crippen molar-refractivity contribution in [1.82, 2.24) is 10.2 Å². The second-order valence-electron chi connectivity index (χ2n) is 5.31. The molecule has 0 aromatic rings. The van der Waals surface area contributed by atoms with Crippen LogP contribution in [0.5, 0.6) is 0 Å². The summed E-state index contributed by atoms with van der Waals surface area (Å²) in [6, 6.07) is 0.0446. The molecule has 0 saturated carbocycles. The molecule has 2 N–H and O–H groups in total. The minimum absolute atomic E-state index is 0.0446. The normalized spacial score (nSPS) is 27.8. The van der Waals surface area contributed by atoms with E-state index in [0.717, 1.165) is 45.3 Å². The Balaban J connectivity index is 1.82. The van der Waals surface area contributed by atoms with E-state index >= 15 is 0 Å². The van der Waals surface area contributed by atoms with Gasteiger partial charge in [-0.2, -0.15) is 0 Å².